The van der Waals surface area contributed by atoms with Gasteiger partial charge in [0.05, 0.1) is 5.02 Å². The van der Waals surface area contributed by atoms with Gasteiger partial charge in [0.15, 0.2) is 0 Å². The summed E-state index contributed by atoms with van der Waals surface area (Å²) in [7, 11) is 0. The molecule has 1 aromatic carbocycles. The molecule has 0 spiro atoms. The maximum atomic E-state index is 12.2. The number of nitrogens with two attached hydrogens (primary N) is 1. The van der Waals surface area contributed by atoms with Gasteiger partial charge in [-0.05, 0) is 55.0 Å². The van der Waals surface area contributed by atoms with E-state index in [0.29, 0.717) is 9.90 Å². The maximum Gasteiger partial charge on any atom is 0.267 e. The Morgan fingerprint density at radius 2 is 1.89 bits per heavy atom. The number of halogens is 1. The maximum absolute atomic E-state index is 12.2. The molecule has 0 atom stereocenters. The summed E-state index contributed by atoms with van der Waals surface area (Å²) in [4.78, 5) is 12.7. The Morgan fingerprint density at radius 3 is 2.47 bits per heavy atom. The number of nitrogen functional groups attached to an aromatic ring is 1. The van der Waals surface area contributed by atoms with Gasteiger partial charge in [-0.15, -0.1) is 11.3 Å². The normalized spacial score (nSPS) is 10.5. The largest absolute Gasteiger partial charge is 0.399 e. The molecule has 0 bridgehead atoms. The minimum absolute atomic E-state index is 0.185. The zero-order valence-corrected chi connectivity index (χ0v) is 12.6. The summed E-state index contributed by atoms with van der Waals surface area (Å²) < 4.78 is 0. The Bertz CT molecular complexity index is 649. The van der Waals surface area contributed by atoms with E-state index in [1.807, 2.05) is 38.3 Å². The highest BCUT2D eigenvalue weighted by Gasteiger charge is 2.15. The van der Waals surface area contributed by atoms with Crippen LogP contribution in [0.1, 0.15) is 26.4 Å². The minimum atomic E-state index is -0.185. The highest BCUT2D eigenvalue weighted by atomic mass is 35.5. The van der Waals surface area contributed by atoms with Crippen molar-refractivity contribution in [3.8, 4) is 0 Å². The van der Waals surface area contributed by atoms with Gasteiger partial charge in [-0.3, -0.25) is 4.79 Å². The van der Waals surface area contributed by atoms with Gasteiger partial charge in [0.2, 0.25) is 0 Å². The highest BCUT2D eigenvalue weighted by Crippen LogP contribution is 2.29. The lowest BCUT2D eigenvalue weighted by atomic mass is 10.1. The molecule has 5 heteroatoms. The molecule has 3 N–H and O–H groups in total. The third-order valence-electron chi connectivity index (χ3n) is 2.97. The van der Waals surface area contributed by atoms with Crippen LogP contribution in [0.25, 0.3) is 0 Å². The standard InChI is InChI=1S/C14H15ClN2OS/c1-7-5-11(8(2)4-10(7)16)17-14(18)13-12(15)9(3)6-19-13/h4-6H,16H2,1-3H3,(H,17,18). The van der Waals surface area contributed by atoms with Crippen LogP contribution in [0.3, 0.4) is 0 Å². The third-order valence-corrected chi connectivity index (χ3v) is 4.66. The van der Waals surface area contributed by atoms with E-state index in [-0.39, 0.29) is 5.91 Å². The van der Waals surface area contributed by atoms with Crippen molar-refractivity contribution in [2.45, 2.75) is 20.8 Å². The fraction of sp³-hybridized carbons (Fsp3) is 0.214. The molecule has 0 aliphatic carbocycles. The number of carbonyl (C=O) groups excluding carboxylic acids is 1. The van der Waals surface area contributed by atoms with Crippen molar-refractivity contribution in [2.75, 3.05) is 11.1 Å². The van der Waals surface area contributed by atoms with E-state index < -0.39 is 0 Å². The van der Waals surface area contributed by atoms with E-state index in [4.69, 9.17) is 17.3 Å². The van der Waals surface area contributed by atoms with E-state index in [1.165, 1.54) is 11.3 Å². The quantitative estimate of drug-likeness (QED) is 0.817. The lowest BCUT2D eigenvalue weighted by Gasteiger charge is -2.10. The summed E-state index contributed by atoms with van der Waals surface area (Å²) in [6.45, 7) is 5.70. The molecule has 0 fully saturated rings. The lowest BCUT2D eigenvalue weighted by Crippen LogP contribution is -2.12. The van der Waals surface area contributed by atoms with Crippen LogP contribution < -0.4 is 11.1 Å². The molecule has 2 aromatic rings. The number of benzene rings is 1. The molecule has 0 aliphatic rings. The summed E-state index contributed by atoms with van der Waals surface area (Å²) in [5.41, 5.74) is 10.1. The van der Waals surface area contributed by atoms with Gasteiger partial charge in [-0.1, -0.05) is 11.6 Å². The second-order valence-corrected chi connectivity index (χ2v) is 5.80. The van der Waals surface area contributed by atoms with Crippen LogP contribution in [0.15, 0.2) is 17.5 Å². The first-order valence-electron chi connectivity index (χ1n) is 5.81. The zero-order valence-electron chi connectivity index (χ0n) is 11.0. The van der Waals surface area contributed by atoms with E-state index in [2.05, 4.69) is 5.32 Å². The number of hydrogen-bond acceptors (Lipinski definition) is 3. The first-order valence-corrected chi connectivity index (χ1v) is 7.07. The van der Waals surface area contributed by atoms with E-state index in [9.17, 15) is 4.79 Å². The SMILES string of the molecule is Cc1cc(NC(=O)c2scc(C)c2Cl)c(C)cc1N. The van der Waals surface area contributed by atoms with Crippen LogP contribution in [-0.2, 0) is 0 Å². The summed E-state index contributed by atoms with van der Waals surface area (Å²) >= 11 is 7.44. The Kier molecular flexibility index (Phi) is 3.83. The third kappa shape index (κ3) is 2.74. The number of anilines is 2. The number of rotatable bonds is 2. The van der Waals surface area contributed by atoms with E-state index in [0.717, 1.165) is 28.1 Å². The van der Waals surface area contributed by atoms with Crippen LogP contribution in [0.5, 0.6) is 0 Å². The number of carbonyl (C=O) groups is 1. The van der Waals surface area contributed by atoms with Crippen molar-refractivity contribution in [2.24, 2.45) is 0 Å². The van der Waals surface area contributed by atoms with Crippen LogP contribution in [0, 0.1) is 20.8 Å². The van der Waals surface area contributed by atoms with Gasteiger partial charge in [-0.2, -0.15) is 0 Å². The van der Waals surface area contributed by atoms with E-state index >= 15 is 0 Å². The molecule has 2 rings (SSSR count). The van der Waals surface area contributed by atoms with Crippen molar-refractivity contribution in [3.63, 3.8) is 0 Å². The van der Waals surface area contributed by atoms with Crippen molar-refractivity contribution >= 4 is 40.2 Å². The molecule has 1 aromatic heterocycles. The molecule has 1 heterocycles. The van der Waals surface area contributed by atoms with Gasteiger partial charge in [0, 0.05) is 11.4 Å². The first kappa shape index (κ1) is 13.9. The van der Waals surface area contributed by atoms with Gasteiger partial charge in [-0.25, -0.2) is 0 Å². The summed E-state index contributed by atoms with van der Waals surface area (Å²) in [5, 5.41) is 5.27. The molecule has 100 valence electrons. The molecular weight excluding hydrogens is 280 g/mol. The van der Waals surface area contributed by atoms with Gasteiger partial charge in [0.25, 0.3) is 5.91 Å². The van der Waals surface area contributed by atoms with Crippen LogP contribution in [0.2, 0.25) is 5.02 Å². The molecule has 0 saturated heterocycles. The number of nitrogens with one attached hydrogen (secondary N) is 1. The van der Waals surface area contributed by atoms with Crippen LogP contribution in [0.4, 0.5) is 11.4 Å². The summed E-state index contributed by atoms with van der Waals surface area (Å²) in [6, 6.07) is 3.73. The monoisotopic (exact) mass is 294 g/mol. The van der Waals surface area contributed by atoms with Gasteiger partial charge >= 0.3 is 0 Å². The Morgan fingerprint density at radius 1 is 1.21 bits per heavy atom. The van der Waals surface area contributed by atoms with Crippen molar-refractivity contribution in [1.82, 2.24) is 0 Å². The molecule has 0 radical (unpaired) electrons. The lowest BCUT2D eigenvalue weighted by molar-refractivity contribution is 0.103. The summed E-state index contributed by atoms with van der Waals surface area (Å²) in [6.07, 6.45) is 0. The summed E-state index contributed by atoms with van der Waals surface area (Å²) in [5.74, 6) is -0.185. The van der Waals surface area contributed by atoms with Crippen molar-refractivity contribution < 1.29 is 4.79 Å². The van der Waals surface area contributed by atoms with Gasteiger partial charge in [0.1, 0.15) is 4.88 Å². The molecular formula is C14H15ClN2OS. The highest BCUT2D eigenvalue weighted by molar-refractivity contribution is 7.13. The predicted molar refractivity (Wildman–Crippen MR) is 82.3 cm³/mol. The number of thiophene rings is 1. The zero-order chi connectivity index (χ0) is 14.2. The molecule has 1 amide bonds. The van der Waals surface area contributed by atoms with Crippen molar-refractivity contribution in [3.05, 3.63) is 44.1 Å². The van der Waals surface area contributed by atoms with Crippen LogP contribution >= 0.6 is 22.9 Å². The fourth-order valence-corrected chi connectivity index (χ4v) is 2.91. The minimum Gasteiger partial charge on any atom is -0.399 e. The van der Waals surface area contributed by atoms with Gasteiger partial charge < -0.3 is 11.1 Å². The van der Waals surface area contributed by atoms with Crippen LogP contribution in [-0.4, -0.2) is 5.91 Å². The topological polar surface area (TPSA) is 55.1 Å². The average molecular weight is 295 g/mol. The van der Waals surface area contributed by atoms with Crippen molar-refractivity contribution in [1.29, 1.82) is 0 Å². The smallest absolute Gasteiger partial charge is 0.267 e. The average Bonchev–Trinajstić information content (AvgIpc) is 2.67. The molecule has 0 unspecified atom stereocenters. The number of amides is 1. The fourth-order valence-electron chi connectivity index (χ4n) is 1.74. The molecule has 19 heavy (non-hydrogen) atoms. The number of hydrogen-bond donors (Lipinski definition) is 2. The second kappa shape index (κ2) is 5.23. The first-order chi connectivity index (χ1) is 8.90. The Labute approximate surface area is 121 Å². The Hall–Kier alpha value is -1.52. The Balaban J connectivity index is 2.29. The molecule has 3 nitrogen and oxygen atoms in total. The number of aryl methyl sites for hydroxylation is 3. The molecule has 0 saturated carbocycles. The second-order valence-electron chi connectivity index (χ2n) is 4.54. The predicted octanol–water partition coefficient (Wildman–Crippen LogP) is 4.16. The molecule has 0 aliphatic heterocycles. The van der Waals surface area contributed by atoms with E-state index in [1.54, 1.807) is 0 Å².